The molecule has 0 aliphatic carbocycles. The molecule has 0 aromatic heterocycles. The number of nitrogens with two attached hydrogens (primary N) is 1. The lowest BCUT2D eigenvalue weighted by atomic mass is 10.1. The van der Waals surface area contributed by atoms with Crippen molar-refractivity contribution < 1.29 is 14.7 Å². The Labute approximate surface area is 123 Å². The molecule has 0 aliphatic heterocycles. The normalized spacial score (nSPS) is 10.1. The van der Waals surface area contributed by atoms with Crippen LogP contribution in [0.15, 0.2) is 23.3 Å². The summed E-state index contributed by atoms with van der Waals surface area (Å²) >= 11 is 0. The summed E-state index contributed by atoms with van der Waals surface area (Å²) in [6, 6.07) is 5.42. The zero-order valence-electron chi connectivity index (χ0n) is 11.1. The standard InChI is InChI=1S/C13H17N3O3.ClH/c1-2-10-7-9(8-15-14)3-4-11(10)16-12(17)5-6-13(18)19;/h3-4,7-8H,2,5-6,14H2,1H3,(H,16,17)(H,18,19);1H. The van der Waals surface area contributed by atoms with E-state index in [9.17, 15) is 9.59 Å². The molecule has 0 fully saturated rings. The van der Waals surface area contributed by atoms with Crippen LogP contribution in [0.25, 0.3) is 0 Å². The molecule has 0 saturated carbocycles. The molecule has 110 valence electrons. The van der Waals surface area contributed by atoms with Crippen LogP contribution in [0.4, 0.5) is 5.69 Å². The Balaban J connectivity index is 0.00000361. The van der Waals surface area contributed by atoms with Crippen molar-refractivity contribution in [3.05, 3.63) is 29.3 Å². The third-order valence-electron chi connectivity index (χ3n) is 2.57. The van der Waals surface area contributed by atoms with Gasteiger partial charge >= 0.3 is 5.97 Å². The van der Waals surface area contributed by atoms with E-state index < -0.39 is 5.97 Å². The smallest absolute Gasteiger partial charge is 0.303 e. The van der Waals surface area contributed by atoms with Gasteiger partial charge in [0.2, 0.25) is 5.91 Å². The molecule has 0 heterocycles. The number of aliphatic carboxylic acids is 1. The number of aryl methyl sites for hydroxylation is 1. The maximum absolute atomic E-state index is 11.6. The summed E-state index contributed by atoms with van der Waals surface area (Å²) in [6.07, 6.45) is 2.05. The van der Waals surface area contributed by atoms with Gasteiger partial charge < -0.3 is 16.3 Å². The minimum Gasteiger partial charge on any atom is -0.481 e. The first kappa shape index (κ1) is 17.9. The summed E-state index contributed by atoms with van der Waals surface area (Å²) < 4.78 is 0. The van der Waals surface area contributed by atoms with E-state index in [0.717, 1.165) is 17.5 Å². The van der Waals surface area contributed by atoms with Gasteiger partial charge in [-0.05, 0) is 29.7 Å². The summed E-state index contributed by atoms with van der Waals surface area (Å²) in [7, 11) is 0. The maximum Gasteiger partial charge on any atom is 0.303 e. The first-order chi connectivity index (χ1) is 9.06. The van der Waals surface area contributed by atoms with Crippen molar-refractivity contribution in [2.24, 2.45) is 10.9 Å². The molecule has 0 bridgehead atoms. The Bertz CT molecular complexity index is 504. The summed E-state index contributed by atoms with van der Waals surface area (Å²) in [6.45, 7) is 1.96. The van der Waals surface area contributed by atoms with E-state index in [1.165, 1.54) is 6.21 Å². The molecule has 6 nitrogen and oxygen atoms in total. The van der Waals surface area contributed by atoms with E-state index in [2.05, 4.69) is 10.4 Å². The highest BCUT2D eigenvalue weighted by molar-refractivity contribution is 5.93. The lowest BCUT2D eigenvalue weighted by Gasteiger charge is -2.10. The van der Waals surface area contributed by atoms with Crippen LogP contribution in [0.3, 0.4) is 0 Å². The van der Waals surface area contributed by atoms with Gasteiger partial charge in [-0.3, -0.25) is 9.59 Å². The van der Waals surface area contributed by atoms with Crippen LogP contribution in [0.2, 0.25) is 0 Å². The second-order valence-electron chi connectivity index (χ2n) is 3.99. The fourth-order valence-electron chi connectivity index (χ4n) is 1.63. The van der Waals surface area contributed by atoms with Gasteiger partial charge in [0.25, 0.3) is 0 Å². The Morgan fingerprint density at radius 2 is 2.10 bits per heavy atom. The maximum atomic E-state index is 11.6. The highest BCUT2D eigenvalue weighted by atomic mass is 35.5. The van der Waals surface area contributed by atoms with E-state index in [0.29, 0.717) is 5.69 Å². The molecule has 0 atom stereocenters. The van der Waals surface area contributed by atoms with E-state index in [1.54, 1.807) is 12.1 Å². The average Bonchev–Trinajstić information content (AvgIpc) is 2.38. The molecular formula is C13H18ClN3O3. The molecule has 0 radical (unpaired) electrons. The Morgan fingerprint density at radius 1 is 1.40 bits per heavy atom. The van der Waals surface area contributed by atoms with E-state index >= 15 is 0 Å². The second kappa shape index (κ2) is 8.92. The Hall–Kier alpha value is -2.08. The second-order valence-corrected chi connectivity index (χ2v) is 3.99. The minimum absolute atomic E-state index is 0. The van der Waals surface area contributed by atoms with Crippen molar-refractivity contribution in [3.8, 4) is 0 Å². The van der Waals surface area contributed by atoms with Gasteiger partial charge in [0.15, 0.2) is 0 Å². The molecular weight excluding hydrogens is 282 g/mol. The lowest BCUT2D eigenvalue weighted by Crippen LogP contribution is -2.14. The number of rotatable bonds is 6. The Morgan fingerprint density at radius 3 is 2.65 bits per heavy atom. The topological polar surface area (TPSA) is 105 Å². The van der Waals surface area contributed by atoms with Crippen LogP contribution >= 0.6 is 12.4 Å². The molecule has 4 N–H and O–H groups in total. The molecule has 1 amide bonds. The number of halogens is 1. The number of benzene rings is 1. The van der Waals surface area contributed by atoms with E-state index in [1.807, 2.05) is 13.0 Å². The number of carbonyl (C=O) groups excluding carboxylic acids is 1. The monoisotopic (exact) mass is 299 g/mol. The molecule has 1 rings (SSSR count). The molecule has 0 aliphatic rings. The number of hydrogen-bond donors (Lipinski definition) is 3. The molecule has 0 unspecified atom stereocenters. The first-order valence-electron chi connectivity index (χ1n) is 5.94. The number of carboxylic acid groups (broad SMARTS) is 1. The summed E-state index contributed by atoms with van der Waals surface area (Å²) in [5, 5.41) is 14.7. The number of hydrogen-bond acceptors (Lipinski definition) is 4. The summed E-state index contributed by atoms with van der Waals surface area (Å²) in [4.78, 5) is 22.0. The van der Waals surface area contributed by atoms with Crippen molar-refractivity contribution in [2.45, 2.75) is 26.2 Å². The zero-order chi connectivity index (χ0) is 14.3. The number of nitrogens with one attached hydrogen (secondary N) is 1. The fourth-order valence-corrected chi connectivity index (χ4v) is 1.63. The quantitative estimate of drug-likeness (QED) is 0.423. The third kappa shape index (κ3) is 5.71. The van der Waals surface area contributed by atoms with Crippen LogP contribution in [-0.4, -0.2) is 23.2 Å². The molecule has 0 spiro atoms. The fraction of sp³-hybridized carbons (Fsp3) is 0.308. The van der Waals surface area contributed by atoms with E-state index in [4.69, 9.17) is 10.9 Å². The molecule has 0 saturated heterocycles. The highest BCUT2D eigenvalue weighted by Gasteiger charge is 2.08. The number of carbonyl (C=O) groups is 2. The summed E-state index contributed by atoms with van der Waals surface area (Å²) in [5.41, 5.74) is 2.48. The third-order valence-corrected chi connectivity index (χ3v) is 2.57. The van der Waals surface area contributed by atoms with Crippen molar-refractivity contribution in [1.29, 1.82) is 0 Å². The zero-order valence-corrected chi connectivity index (χ0v) is 11.9. The van der Waals surface area contributed by atoms with Crippen molar-refractivity contribution in [1.82, 2.24) is 0 Å². The van der Waals surface area contributed by atoms with Gasteiger partial charge in [-0.1, -0.05) is 13.0 Å². The van der Waals surface area contributed by atoms with Gasteiger partial charge in [0, 0.05) is 12.1 Å². The average molecular weight is 300 g/mol. The van der Waals surface area contributed by atoms with Crippen LogP contribution in [0.5, 0.6) is 0 Å². The van der Waals surface area contributed by atoms with E-state index in [-0.39, 0.29) is 31.2 Å². The summed E-state index contributed by atoms with van der Waals surface area (Å²) in [5.74, 6) is 3.79. The molecule has 1 aromatic rings. The predicted molar refractivity (Wildman–Crippen MR) is 80.3 cm³/mol. The van der Waals surface area contributed by atoms with Gasteiger partial charge in [0.1, 0.15) is 0 Å². The minimum atomic E-state index is -0.986. The van der Waals surface area contributed by atoms with Gasteiger partial charge in [-0.2, -0.15) is 5.10 Å². The van der Waals surface area contributed by atoms with Crippen molar-refractivity contribution in [2.75, 3.05) is 5.32 Å². The Kier molecular flexibility index (Phi) is 8.00. The predicted octanol–water partition coefficient (Wildman–Crippen LogP) is 1.77. The number of amides is 1. The largest absolute Gasteiger partial charge is 0.481 e. The molecule has 20 heavy (non-hydrogen) atoms. The highest BCUT2D eigenvalue weighted by Crippen LogP contribution is 2.18. The van der Waals surface area contributed by atoms with Gasteiger partial charge in [-0.15, -0.1) is 12.4 Å². The SMILES string of the molecule is CCc1cc(C=NN)ccc1NC(=O)CCC(=O)O.Cl. The van der Waals surface area contributed by atoms with Crippen LogP contribution in [0.1, 0.15) is 30.9 Å². The van der Waals surface area contributed by atoms with Crippen molar-refractivity contribution in [3.63, 3.8) is 0 Å². The van der Waals surface area contributed by atoms with Crippen LogP contribution in [0, 0.1) is 0 Å². The number of anilines is 1. The first-order valence-corrected chi connectivity index (χ1v) is 5.94. The molecule has 7 heteroatoms. The molecule has 1 aromatic carbocycles. The number of nitrogens with zero attached hydrogens (tertiary/aromatic N) is 1. The number of carboxylic acids is 1. The van der Waals surface area contributed by atoms with Crippen LogP contribution < -0.4 is 11.2 Å². The van der Waals surface area contributed by atoms with Gasteiger partial charge in [-0.25, -0.2) is 0 Å². The van der Waals surface area contributed by atoms with Crippen molar-refractivity contribution >= 4 is 36.2 Å². The lowest BCUT2D eigenvalue weighted by molar-refractivity contribution is -0.138. The number of hydrazone groups is 1. The van der Waals surface area contributed by atoms with Gasteiger partial charge in [0.05, 0.1) is 12.6 Å². The van der Waals surface area contributed by atoms with Crippen LogP contribution in [-0.2, 0) is 16.0 Å².